The Labute approximate surface area is 166 Å². The third kappa shape index (κ3) is 3.04. The van der Waals surface area contributed by atoms with Gasteiger partial charge < -0.3 is 4.57 Å². The number of halogens is 2. The van der Waals surface area contributed by atoms with Crippen molar-refractivity contribution >= 4 is 33.3 Å². The molecule has 0 radical (unpaired) electrons. The van der Waals surface area contributed by atoms with Crippen molar-refractivity contribution in [1.82, 2.24) is 4.57 Å². The van der Waals surface area contributed by atoms with E-state index in [1.165, 1.54) is 0 Å². The number of hydrogen-bond acceptors (Lipinski definition) is 1. The summed E-state index contributed by atoms with van der Waals surface area (Å²) in [5, 5.41) is 0.681. The summed E-state index contributed by atoms with van der Waals surface area (Å²) in [5.74, 6) is 0.209. The van der Waals surface area contributed by atoms with Gasteiger partial charge in [-0.15, -0.1) is 0 Å². The SMILES string of the molecule is CC1(C)CC(=O)c2cc(-c3ccc(Br)cc3)n(-c3ccccc3Cl)c2C1. The van der Waals surface area contributed by atoms with Crippen LogP contribution in [-0.2, 0) is 6.42 Å². The number of fused-ring (bicyclic) bond motifs is 1. The Balaban J connectivity index is 2.02. The number of carbonyl (C=O) groups excluding carboxylic acids is 1. The molecule has 1 aliphatic rings. The first kappa shape index (κ1) is 17.6. The van der Waals surface area contributed by atoms with Crippen molar-refractivity contribution in [3.05, 3.63) is 75.4 Å². The van der Waals surface area contributed by atoms with Gasteiger partial charge in [-0.2, -0.15) is 0 Å². The van der Waals surface area contributed by atoms with Crippen LogP contribution in [0.2, 0.25) is 5.02 Å². The van der Waals surface area contributed by atoms with E-state index in [1.807, 2.05) is 42.5 Å². The van der Waals surface area contributed by atoms with Crippen LogP contribution in [0.5, 0.6) is 0 Å². The largest absolute Gasteiger partial charge is 0.311 e. The first-order valence-corrected chi connectivity index (χ1v) is 9.81. The van der Waals surface area contributed by atoms with E-state index in [4.69, 9.17) is 11.6 Å². The van der Waals surface area contributed by atoms with Crippen molar-refractivity contribution in [3.8, 4) is 16.9 Å². The van der Waals surface area contributed by atoms with Gasteiger partial charge in [-0.3, -0.25) is 4.79 Å². The first-order chi connectivity index (χ1) is 12.4. The molecule has 1 aromatic heterocycles. The molecule has 132 valence electrons. The van der Waals surface area contributed by atoms with Gasteiger partial charge in [0.15, 0.2) is 5.78 Å². The van der Waals surface area contributed by atoms with Crippen molar-refractivity contribution < 1.29 is 4.79 Å². The topological polar surface area (TPSA) is 22.0 Å². The van der Waals surface area contributed by atoms with Crippen LogP contribution in [0.4, 0.5) is 0 Å². The maximum atomic E-state index is 12.8. The molecule has 0 spiro atoms. The summed E-state index contributed by atoms with van der Waals surface area (Å²) in [6, 6.07) is 18.0. The number of Topliss-reactive ketones (excluding diaryl/α,β-unsaturated/α-hetero) is 1. The number of para-hydroxylation sites is 1. The second kappa shape index (κ2) is 6.40. The van der Waals surface area contributed by atoms with Crippen LogP contribution in [0, 0.1) is 5.41 Å². The fourth-order valence-electron chi connectivity index (χ4n) is 3.75. The number of benzene rings is 2. The Morgan fingerprint density at radius 2 is 1.73 bits per heavy atom. The highest BCUT2D eigenvalue weighted by Gasteiger charge is 2.35. The molecule has 1 aliphatic carbocycles. The molecule has 0 atom stereocenters. The molecule has 4 rings (SSSR count). The van der Waals surface area contributed by atoms with Crippen molar-refractivity contribution in [3.63, 3.8) is 0 Å². The van der Waals surface area contributed by atoms with Crippen molar-refractivity contribution in [2.75, 3.05) is 0 Å². The van der Waals surface area contributed by atoms with Crippen LogP contribution < -0.4 is 0 Å². The second-order valence-electron chi connectivity index (χ2n) is 7.62. The van der Waals surface area contributed by atoms with Crippen LogP contribution in [0.15, 0.2) is 59.1 Å². The average Bonchev–Trinajstić information content (AvgIpc) is 2.94. The monoisotopic (exact) mass is 427 g/mol. The van der Waals surface area contributed by atoms with Crippen LogP contribution in [0.25, 0.3) is 16.9 Å². The van der Waals surface area contributed by atoms with Gasteiger partial charge in [-0.1, -0.05) is 65.6 Å². The van der Waals surface area contributed by atoms with Crippen LogP contribution in [0.1, 0.15) is 36.3 Å². The van der Waals surface area contributed by atoms with E-state index in [0.29, 0.717) is 11.4 Å². The summed E-state index contributed by atoms with van der Waals surface area (Å²) in [4.78, 5) is 12.8. The lowest BCUT2D eigenvalue weighted by Crippen LogP contribution is -2.27. The van der Waals surface area contributed by atoms with E-state index >= 15 is 0 Å². The zero-order valence-corrected chi connectivity index (χ0v) is 17.1. The van der Waals surface area contributed by atoms with E-state index in [0.717, 1.165) is 39.1 Å². The molecule has 0 unspecified atom stereocenters. The summed E-state index contributed by atoms with van der Waals surface area (Å²) in [5.41, 5.74) is 4.80. The normalized spacial score (nSPS) is 15.8. The van der Waals surface area contributed by atoms with Gasteiger partial charge >= 0.3 is 0 Å². The lowest BCUT2D eigenvalue weighted by Gasteiger charge is -2.30. The Morgan fingerprint density at radius 1 is 1.04 bits per heavy atom. The Hall–Kier alpha value is -1.84. The molecular weight excluding hydrogens is 410 g/mol. The van der Waals surface area contributed by atoms with Crippen LogP contribution in [-0.4, -0.2) is 10.4 Å². The fourth-order valence-corrected chi connectivity index (χ4v) is 4.24. The van der Waals surface area contributed by atoms with E-state index in [1.54, 1.807) is 0 Å². The van der Waals surface area contributed by atoms with Gasteiger partial charge in [0.25, 0.3) is 0 Å². The van der Waals surface area contributed by atoms with Gasteiger partial charge in [0.1, 0.15) is 0 Å². The highest BCUT2D eigenvalue weighted by atomic mass is 79.9. The third-order valence-corrected chi connectivity index (χ3v) is 5.77. The molecule has 0 aliphatic heterocycles. The molecule has 0 amide bonds. The Morgan fingerprint density at radius 3 is 2.42 bits per heavy atom. The number of ketones is 1. The molecule has 2 nitrogen and oxygen atoms in total. The summed E-state index contributed by atoms with van der Waals surface area (Å²) in [6.07, 6.45) is 1.42. The molecule has 26 heavy (non-hydrogen) atoms. The highest BCUT2D eigenvalue weighted by molar-refractivity contribution is 9.10. The molecule has 2 aromatic carbocycles. The van der Waals surface area contributed by atoms with E-state index in [-0.39, 0.29) is 11.2 Å². The minimum atomic E-state index is -0.0571. The quantitative estimate of drug-likeness (QED) is 0.444. The standard InChI is InChI=1S/C22H19BrClNO/c1-22(2)12-20-16(21(26)13-22)11-19(14-7-9-15(23)10-8-14)25(20)18-6-4-3-5-17(18)24/h3-11H,12-13H2,1-2H3. The zero-order valence-electron chi connectivity index (χ0n) is 14.7. The number of carbonyl (C=O) groups is 1. The van der Waals surface area contributed by atoms with Gasteiger partial charge in [-0.25, -0.2) is 0 Å². The summed E-state index contributed by atoms with van der Waals surface area (Å²) in [7, 11) is 0. The van der Waals surface area contributed by atoms with Gasteiger partial charge in [-0.05, 0) is 47.7 Å². The predicted molar refractivity (Wildman–Crippen MR) is 110 cm³/mol. The Bertz CT molecular complexity index is 1000. The van der Waals surface area contributed by atoms with Gasteiger partial charge in [0, 0.05) is 22.2 Å². The molecule has 1 heterocycles. The number of hydrogen-bond donors (Lipinski definition) is 0. The van der Waals surface area contributed by atoms with Crippen molar-refractivity contribution in [2.24, 2.45) is 5.41 Å². The number of aromatic nitrogens is 1. The smallest absolute Gasteiger partial charge is 0.165 e. The highest BCUT2D eigenvalue weighted by Crippen LogP contribution is 2.41. The maximum Gasteiger partial charge on any atom is 0.165 e. The van der Waals surface area contributed by atoms with E-state index in [2.05, 4.69) is 46.5 Å². The second-order valence-corrected chi connectivity index (χ2v) is 8.95. The molecule has 0 saturated heterocycles. The average molecular weight is 429 g/mol. The maximum absolute atomic E-state index is 12.8. The minimum Gasteiger partial charge on any atom is -0.311 e. The Kier molecular flexibility index (Phi) is 4.32. The predicted octanol–water partition coefficient (Wildman–Crippen LogP) is 6.72. The lowest BCUT2D eigenvalue weighted by atomic mass is 9.76. The molecule has 0 bridgehead atoms. The van der Waals surface area contributed by atoms with Gasteiger partial charge in [0.2, 0.25) is 0 Å². The van der Waals surface area contributed by atoms with Crippen LogP contribution in [0.3, 0.4) is 0 Å². The summed E-state index contributed by atoms with van der Waals surface area (Å²) < 4.78 is 3.19. The molecule has 4 heteroatoms. The third-order valence-electron chi connectivity index (χ3n) is 4.92. The van der Waals surface area contributed by atoms with Crippen molar-refractivity contribution in [2.45, 2.75) is 26.7 Å². The van der Waals surface area contributed by atoms with Crippen molar-refractivity contribution in [1.29, 1.82) is 0 Å². The molecule has 0 saturated carbocycles. The molecular formula is C22H19BrClNO. The van der Waals surface area contributed by atoms with Crippen LogP contribution >= 0.6 is 27.5 Å². The summed E-state index contributed by atoms with van der Waals surface area (Å²) >= 11 is 10.0. The van der Waals surface area contributed by atoms with E-state index in [9.17, 15) is 4.79 Å². The van der Waals surface area contributed by atoms with Gasteiger partial charge in [0.05, 0.1) is 16.4 Å². The minimum absolute atomic E-state index is 0.0571. The number of nitrogens with zero attached hydrogens (tertiary/aromatic N) is 1. The zero-order chi connectivity index (χ0) is 18.5. The number of rotatable bonds is 2. The summed E-state index contributed by atoms with van der Waals surface area (Å²) in [6.45, 7) is 4.30. The first-order valence-electron chi connectivity index (χ1n) is 8.64. The lowest BCUT2D eigenvalue weighted by molar-refractivity contribution is 0.0911. The molecule has 3 aromatic rings. The molecule has 0 N–H and O–H groups in total. The molecule has 0 fully saturated rings. The fraction of sp³-hybridized carbons (Fsp3) is 0.227. The van der Waals surface area contributed by atoms with E-state index < -0.39 is 0 Å².